The van der Waals surface area contributed by atoms with Crippen LogP contribution in [0, 0.1) is 4.91 Å². The van der Waals surface area contributed by atoms with Gasteiger partial charge >= 0.3 is 5.97 Å². The summed E-state index contributed by atoms with van der Waals surface area (Å²) in [6.45, 7) is 1.53. The highest BCUT2D eigenvalue weighted by Crippen LogP contribution is 2.11. The van der Waals surface area contributed by atoms with Crippen molar-refractivity contribution in [2.24, 2.45) is 5.18 Å². The fraction of sp³-hybridized carbons (Fsp3) is 0.500. The van der Waals surface area contributed by atoms with Gasteiger partial charge < -0.3 is 19.7 Å². The van der Waals surface area contributed by atoms with Crippen LogP contribution in [0.2, 0.25) is 0 Å². The highest BCUT2D eigenvalue weighted by Gasteiger charge is 2.17. The molecule has 7 heteroatoms. The quantitative estimate of drug-likeness (QED) is 0.280. The van der Waals surface area contributed by atoms with Crippen molar-refractivity contribution in [2.75, 3.05) is 6.61 Å². The molecule has 0 aromatic carbocycles. The van der Waals surface area contributed by atoms with Crippen molar-refractivity contribution >= 4 is 11.9 Å². The number of hydrogen-bond acceptors (Lipinski definition) is 7. The summed E-state index contributed by atoms with van der Waals surface area (Å²) >= 11 is 0. The van der Waals surface area contributed by atoms with Crippen molar-refractivity contribution < 1.29 is 24.5 Å². The third kappa shape index (κ3) is 4.75. The number of ether oxygens (including phenoxy) is 1. The predicted molar refractivity (Wildman–Crippen MR) is 46.3 cm³/mol. The van der Waals surface area contributed by atoms with Gasteiger partial charge in [0.05, 0.1) is 6.61 Å². The number of nitroso groups, excluding NO2 is 1. The van der Waals surface area contributed by atoms with Crippen molar-refractivity contribution in [3.05, 3.63) is 16.4 Å². The predicted octanol–water partition coefficient (Wildman–Crippen LogP) is -0.384. The Kier molecular flexibility index (Phi) is 5.69. The molecule has 0 amide bonds. The number of nitrogens with zero attached hydrogens (tertiary/aromatic N) is 1. The van der Waals surface area contributed by atoms with Crippen LogP contribution in [0.4, 0.5) is 0 Å². The molecule has 0 saturated carbocycles. The summed E-state index contributed by atoms with van der Waals surface area (Å²) in [6, 6.07) is 0. The molecule has 1 N–H and O–H groups in total. The summed E-state index contributed by atoms with van der Waals surface area (Å²) in [5.74, 6) is -3.20. The van der Waals surface area contributed by atoms with Gasteiger partial charge in [0.25, 0.3) is 0 Å². The molecule has 0 aliphatic carbocycles. The zero-order valence-corrected chi connectivity index (χ0v) is 8.06. The summed E-state index contributed by atoms with van der Waals surface area (Å²) in [7, 11) is 0. The Morgan fingerprint density at radius 1 is 1.40 bits per heavy atom. The van der Waals surface area contributed by atoms with Gasteiger partial charge in [-0.15, -0.1) is 4.91 Å². The molecule has 7 nitrogen and oxygen atoms in total. The van der Waals surface area contributed by atoms with Crippen molar-refractivity contribution in [3.63, 3.8) is 0 Å². The van der Waals surface area contributed by atoms with Gasteiger partial charge in [-0.25, -0.2) is 4.79 Å². The Hall–Kier alpha value is -1.92. The summed E-state index contributed by atoms with van der Waals surface area (Å²) in [5, 5.41) is 21.5. The normalized spacial score (nSPS) is 11.5. The second-order valence-corrected chi connectivity index (χ2v) is 2.48. The first-order chi connectivity index (χ1) is 7.02. The first-order valence-electron chi connectivity index (χ1n) is 4.15. The number of esters is 1. The number of carboxylic acid groups (broad SMARTS) is 1. The van der Waals surface area contributed by atoms with Gasteiger partial charge in [-0.05, 0) is 18.5 Å². The highest BCUT2D eigenvalue weighted by atomic mass is 16.5. The van der Waals surface area contributed by atoms with Crippen molar-refractivity contribution in [1.82, 2.24) is 0 Å². The van der Waals surface area contributed by atoms with E-state index in [0.29, 0.717) is 0 Å². The van der Waals surface area contributed by atoms with Gasteiger partial charge in [0, 0.05) is 12.4 Å². The first kappa shape index (κ1) is 13.1. The molecule has 84 valence electrons. The standard InChI is InChI=1S/C8H11NO6/c1-2-15-8(13)7(9-14)5(10)3-4-6(11)12/h10H,2-4H2,1H3,(H,11,12)/p-1/b7-5+. The van der Waals surface area contributed by atoms with Gasteiger partial charge in [-0.3, -0.25) is 0 Å². The van der Waals surface area contributed by atoms with Gasteiger partial charge in [0.1, 0.15) is 5.76 Å². The number of rotatable bonds is 6. The number of aliphatic hydroxyl groups excluding tert-OH is 1. The Labute approximate surface area is 85.3 Å². The monoisotopic (exact) mass is 216 g/mol. The number of aliphatic hydroxyl groups is 1. The van der Waals surface area contributed by atoms with E-state index in [-0.39, 0.29) is 6.61 Å². The van der Waals surface area contributed by atoms with Crippen LogP contribution in [-0.4, -0.2) is 23.7 Å². The SMILES string of the molecule is CCOC(=O)/C(N=O)=C(\O)CCC(=O)[O-]. The lowest BCUT2D eigenvalue weighted by atomic mass is 10.2. The number of carbonyl (C=O) groups excluding carboxylic acids is 2. The minimum atomic E-state index is -1.41. The largest absolute Gasteiger partial charge is 0.550 e. The topological polar surface area (TPSA) is 116 Å². The summed E-state index contributed by atoms with van der Waals surface area (Å²) < 4.78 is 4.41. The molecule has 0 radical (unpaired) electrons. The average Bonchev–Trinajstić information content (AvgIpc) is 2.16. The van der Waals surface area contributed by atoms with Crippen LogP contribution in [0.1, 0.15) is 19.8 Å². The third-order valence-electron chi connectivity index (χ3n) is 1.40. The molecule has 0 aromatic rings. The molecule has 0 aliphatic rings. The van der Waals surface area contributed by atoms with E-state index in [1.807, 2.05) is 0 Å². The fourth-order valence-electron chi connectivity index (χ4n) is 0.746. The van der Waals surface area contributed by atoms with Crippen molar-refractivity contribution in [1.29, 1.82) is 0 Å². The second-order valence-electron chi connectivity index (χ2n) is 2.48. The Morgan fingerprint density at radius 3 is 2.40 bits per heavy atom. The van der Waals surface area contributed by atoms with E-state index in [9.17, 15) is 19.6 Å². The Morgan fingerprint density at radius 2 is 2.00 bits per heavy atom. The molecule has 0 bridgehead atoms. The van der Waals surface area contributed by atoms with Gasteiger partial charge in [-0.2, -0.15) is 0 Å². The van der Waals surface area contributed by atoms with E-state index in [2.05, 4.69) is 9.91 Å². The van der Waals surface area contributed by atoms with Crippen LogP contribution in [0.25, 0.3) is 0 Å². The van der Waals surface area contributed by atoms with Crippen LogP contribution in [0.3, 0.4) is 0 Å². The summed E-state index contributed by atoms with van der Waals surface area (Å²) in [6.07, 6.45) is -0.910. The Bertz CT molecular complexity index is 296. The van der Waals surface area contributed by atoms with Gasteiger partial charge in [0.2, 0.25) is 5.70 Å². The van der Waals surface area contributed by atoms with E-state index >= 15 is 0 Å². The van der Waals surface area contributed by atoms with Crippen LogP contribution >= 0.6 is 0 Å². The summed E-state index contributed by atoms with van der Waals surface area (Å²) in [5.41, 5.74) is -0.807. The van der Waals surface area contributed by atoms with Crippen molar-refractivity contribution in [3.8, 4) is 0 Å². The van der Waals surface area contributed by atoms with Gasteiger partial charge in [0.15, 0.2) is 0 Å². The lowest BCUT2D eigenvalue weighted by Crippen LogP contribution is -2.22. The lowest BCUT2D eigenvalue weighted by molar-refractivity contribution is -0.305. The fourth-order valence-corrected chi connectivity index (χ4v) is 0.746. The average molecular weight is 216 g/mol. The molecule has 0 unspecified atom stereocenters. The maximum absolute atomic E-state index is 11.0. The number of hydrogen-bond donors (Lipinski definition) is 1. The van der Waals surface area contributed by atoms with E-state index in [1.54, 1.807) is 0 Å². The Balaban J connectivity index is 4.58. The third-order valence-corrected chi connectivity index (χ3v) is 1.40. The molecule has 0 rings (SSSR count). The molecule has 0 aliphatic heterocycles. The number of carbonyl (C=O) groups is 2. The first-order valence-corrected chi connectivity index (χ1v) is 4.15. The second kappa shape index (κ2) is 6.52. The number of aliphatic carboxylic acids is 1. The smallest absolute Gasteiger partial charge is 0.364 e. The highest BCUT2D eigenvalue weighted by molar-refractivity contribution is 5.88. The van der Waals surface area contributed by atoms with Crippen LogP contribution in [0.15, 0.2) is 16.6 Å². The minimum Gasteiger partial charge on any atom is -0.550 e. The van der Waals surface area contributed by atoms with E-state index in [4.69, 9.17) is 5.11 Å². The van der Waals surface area contributed by atoms with Gasteiger partial charge in [-0.1, -0.05) is 0 Å². The molecule has 15 heavy (non-hydrogen) atoms. The zero-order valence-electron chi connectivity index (χ0n) is 8.06. The number of allylic oxidation sites excluding steroid dienone is 1. The van der Waals surface area contributed by atoms with Crippen molar-refractivity contribution in [2.45, 2.75) is 19.8 Å². The molecular formula is C8H10NO6-. The zero-order chi connectivity index (χ0) is 11.8. The maximum Gasteiger partial charge on any atom is 0.364 e. The molecule has 0 fully saturated rings. The van der Waals surface area contributed by atoms with Crippen LogP contribution in [-0.2, 0) is 14.3 Å². The molecular weight excluding hydrogens is 206 g/mol. The maximum atomic E-state index is 11.0. The lowest BCUT2D eigenvalue weighted by Gasteiger charge is -2.04. The summed E-state index contributed by atoms with van der Waals surface area (Å²) in [4.78, 5) is 31.2. The molecule has 0 heterocycles. The van der Waals surface area contributed by atoms with Crippen LogP contribution in [0.5, 0.6) is 0 Å². The van der Waals surface area contributed by atoms with Crippen LogP contribution < -0.4 is 5.11 Å². The molecule has 0 saturated heterocycles. The van der Waals surface area contributed by atoms with E-state index in [1.165, 1.54) is 6.92 Å². The van der Waals surface area contributed by atoms with E-state index in [0.717, 1.165) is 0 Å². The molecule has 0 spiro atoms. The molecule has 0 atom stereocenters. The number of carboxylic acids is 1. The molecule has 0 aromatic heterocycles. The minimum absolute atomic E-state index is 0.0195. The van der Waals surface area contributed by atoms with E-state index < -0.39 is 36.2 Å².